The third-order valence-corrected chi connectivity index (χ3v) is 6.14. The zero-order chi connectivity index (χ0) is 21.4. The molecular weight excluding hydrogens is 389 g/mol. The first-order valence-corrected chi connectivity index (χ1v) is 10.6. The summed E-state index contributed by atoms with van der Waals surface area (Å²) in [6, 6.07) is 16.0. The zero-order valence-electron chi connectivity index (χ0n) is 16.9. The maximum Gasteiger partial charge on any atom is 0.309 e. The van der Waals surface area contributed by atoms with Crippen LogP contribution in [0, 0.1) is 11.8 Å². The number of anilines is 1. The van der Waals surface area contributed by atoms with E-state index in [0.29, 0.717) is 17.7 Å². The number of nitrogens with one attached hydrogen (secondary N) is 1. The molecule has 2 aromatic rings. The summed E-state index contributed by atoms with van der Waals surface area (Å²) in [4.78, 5) is 24.1. The summed E-state index contributed by atoms with van der Waals surface area (Å²) in [5.74, 6) is -1.95. The van der Waals surface area contributed by atoms with Gasteiger partial charge in [-0.05, 0) is 42.2 Å². The summed E-state index contributed by atoms with van der Waals surface area (Å²) < 4.78 is 17.7. The highest BCUT2D eigenvalue weighted by atomic mass is 31.1. The minimum atomic E-state index is -1.49. The van der Waals surface area contributed by atoms with Crippen LogP contribution in [-0.4, -0.2) is 29.4 Å². The Kier molecular flexibility index (Phi) is 8.18. The topological polar surface area (TPSA) is 92.7 Å². The van der Waals surface area contributed by atoms with Crippen molar-refractivity contribution in [2.45, 2.75) is 32.0 Å². The molecule has 6 nitrogen and oxygen atoms in total. The second-order valence-electron chi connectivity index (χ2n) is 7.49. The molecule has 3 atom stereocenters. The minimum absolute atomic E-state index is 0.132. The molecule has 0 radical (unpaired) electrons. The molecule has 0 heterocycles. The Morgan fingerprint density at radius 3 is 2.21 bits per heavy atom. The number of ether oxygens (including phenoxy) is 1. The second-order valence-corrected chi connectivity index (χ2v) is 8.70. The van der Waals surface area contributed by atoms with Crippen LogP contribution in [0.25, 0.3) is 0 Å². The lowest BCUT2D eigenvalue weighted by Gasteiger charge is -2.34. The molecule has 7 heteroatoms. The fourth-order valence-electron chi connectivity index (χ4n) is 3.31. The first-order valence-electron chi connectivity index (χ1n) is 9.51. The van der Waals surface area contributed by atoms with Crippen molar-refractivity contribution in [3.05, 3.63) is 65.7 Å². The molecule has 0 aromatic heterocycles. The summed E-state index contributed by atoms with van der Waals surface area (Å²) in [6.45, 7) is 3.86. The smallest absolute Gasteiger partial charge is 0.309 e. The van der Waals surface area contributed by atoms with Gasteiger partial charge in [0, 0.05) is 24.8 Å². The van der Waals surface area contributed by atoms with Crippen molar-refractivity contribution >= 4 is 26.0 Å². The summed E-state index contributed by atoms with van der Waals surface area (Å²) in [5, 5.41) is 11.3. The molecule has 2 N–H and O–H groups in total. The predicted octanol–water partition coefficient (Wildman–Crippen LogP) is 4.33. The first-order chi connectivity index (χ1) is 13.8. The highest BCUT2D eigenvalue weighted by Crippen LogP contribution is 2.40. The molecule has 0 aliphatic rings. The fourth-order valence-corrected chi connectivity index (χ4v) is 4.17. The van der Waals surface area contributed by atoms with E-state index in [1.807, 2.05) is 19.9 Å². The number of hydrogen-bond donors (Lipinski definition) is 2. The average Bonchev–Trinajstić information content (AvgIpc) is 2.72. The van der Waals surface area contributed by atoms with Gasteiger partial charge in [-0.2, -0.15) is 0 Å². The molecule has 0 saturated heterocycles. The van der Waals surface area contributed by atoms with Gasteiger partial charge in [0.2, 0.25) is 0 Å². The van der Waals surface area contributed by atoms with E-state index in [1.54, 1.807) is 48.5 Å². The van der Waals surface area contributed by atoms with E-state index >= 15 is 0 Å². The van der Waals surface area contributed by atoms with Gasteiger partial charge in [0.1, 0.15) is 5.34 Å². The molecule has 1 amide bonds. The lowest BCUT2D eigenvalue weighted by atomic mass is 9.88. The zero-order valence-corrected chi connectivity index (χ0v) is 18.1. The Morgan fingerprint density at radius 1 is 1.10 bits per heavy atom. The van der Waals surface area contributed by atoms with Crippen LogP contribution in [0.3, 0.4) is 0 Å². The van der Waals surface area contributed by atoms with Gasteiger partial charge in [0.05, 0.1) is 14.4 Å². The average molecular weight is 417 g/mol. The Balaban J connectivity index is 2.17. The largest absolute Gasteiger partial charge is 0.481 e. The van der Waals surface area contributed by atoms with E-state index in [1.165, 1.54) is 7.11 Å². The Bertz CT molecular complexity index is 838. The maximum absolute atomic E-state index is 12.3. The van der Waals surface area contributed by atoms with Gasteiger partial charge in [-0.15, -0.1) is 0 Å². The lowest BCUT2D eigenvalue weighted by molar-refractivity contribution is -0.149. The monoisotopic (exact) mass is 417 g/mol. The van der Waals surface area contributed by atoms with Crippen LogP contribution >= 0.6 is 8.46 Å². The quantitative estimate of drug-likeness (QED) is 0.562. The Hall–Kier alpha value is -2.43. The third-order valence-electron chi connectivity index (χ3n) is 4.90. The molecule has 0 aliphatic carbocycles. The van der Waals surface area contributed by atoms with E-state index in [-0.39, 0.29) is 18.2 Å². The van der Waals surface area contributed by atoms with Crippen LogP contribution in [0.5, 0.6) is 0 Å². The molecular formula is C22H28NO5P. The molecule has 2 aromatic carbocycles. The summed E-state index contributed by atoms with van der Waals surface area (Å²) >= 11 is 0. The molecule has 2 rings (SSSR count). The van der Waals surface area contributed by atoms with E-state index in [4.69, 9.17) is 4.74 Å². The van der Waals surface area contributed by atoms with Gasteiger partial charge < -0.3 is 19.7 Å². The van der Waals surface area contributed by atoms with Gasteiger partial charge in [0.15, 0.2) is 0 Å². The molecule has 0 aliphatic heterocycles. The fraction of sp³-hybridized carbons (Fsp3) is 0.364. The molecule has 0 bridgehead atoms. The maximum atomic E-state index is 12.3. The summed E-state index contributed by atoms with van der Waals surface area (Å²) in [7, 11) is -0.0738. The van der Waals surface area contributed by atoms with Crippen molar-refractivity contribution < 1.29 is 24.0 Å². The number of rotatable bonds is 10. The second kappa shape index (κ2) is 10.4. The number of hydrogen-bond acceptors (Lipinski definition) is 4. The summed E-state index contributed by atoms with van der Waals surface area (Å²) in [5.41, 5.74) is 1.97. The highest BCUT2D eigenvalue weighted by Gasteiger charge is 2.43. The number of carboxylic acid groups (broad SMARTS) is 1. The summed E-state index contributed by atoms with van der Waals surface area (Å²) in [6.07, 6.45) is 0.600. The van der Waals surface area contributed by atoms with Crippen LogP contribution in [0.4, 0.5) is 5.69 Å². The number of amides is 1. The van der Waals surface area contributed by atoms with Crippen molar-refractivity contribution in [1.82, 2.24) is 0 Å². The molecule has 3 unspecified atom stereocenters. The van der Waals surface area contributed by atoms with Crippen LogP contribution in [0.2, 0.25) is 0 Å². The van der Waals surface area contributed by atoms with Gasteiger partial charge in [0.25, 0.3) is 5.91 Å². The van der Waals surface area contributed by atoms with E-state index in [9.17, 15) is 19.3 Å². The first kappa shape index (κ1) is 22.9. The minimum Gasteiger partial charge on any atom is -0.481 e. The van der Waals surface area contributed by atoms with Crippen LogP contribution in [0.1, 0.15) is 36.2 Å². The lowest BCUT2D eigenvalue weighted by Crippen LogP contribution is -2.42. The van der Waals surface area contributed by atoms with Crippen LogP contribution in [0.15, 0.2) is 54.6 Å². The number of aliphatic carboxylic acids is 1. The highest BCUT2D eigenvalue weighted by molar-refractivity contribution is 7.25. The third kappa shape index (κ3) is 6.02. The van der Waals surface area contributed by atoms with Crippen LogP contribution in [-0.2, 0) is 20.5 Å². The van der Waals surface area contributed by atoms with Crippen molar-refractivity contribution in [2.75, 3.05) is 12.4 Å². The molecule has 0 fully saturated rings. The van der Waals surface area contributed by atoms with E-state index < -0.39 is 25.7 Å². The van der Waals surface area contributed by atoms with E-state index in [2.05, 4.69) is 5.32 Å². The SMILES string of the molecule is COC(Cc1ccc(NC(=O)c2ccccc2)cc1)([PH2]=O)C(CC(C)C)C(=O)O. The Labute approximate surface area is 172 Å². The predicted molar refractivity (Wildman–Crippen MR) is 115 cm³/mol. The van der Waals surface area contributed by atoms with E-state index in [0.717, 1.165) is 5.56 Å². The van der Waals surface area contributed by atoms with Crippen LogP contribution < -0.4 is 5.32 Å². The van der Waals surface area contributed by atoms with Crippen molar-refractivity contribution in [3.8, 4) is 0 Å². The number of benzene rings is 2. The van der Waals surface area contributed by atoms with Gasteiger partial charge >= 0.3 is 5.97 Å². The Morgan fingerprint density at radius 2 is 1.72 bits per heavy atom. The number of carbonyl (C=O) groups excluding carboxylic acids is 1. The molecule has 0 spiro atoms. The van der Waals surface area contributed by atoms with Gasteiger partial charge in [-0.25, -0.2) is 0 Å². The van der Waals surface area contributed by atoms with Gasteiger partial charge in [-0.3, -0.25) is 9.59 Å². The number of carboxylic acids is 1. The molecule has 156 valence electrons. The normalized spacial score (nSPS) is 14.6. The number of carbonyl (C=O) groups is 2. The molecule has 29 heavy (non-hydrogen) atoms. The van der Waals surface area contributed by atoms with Gasteiger partial charge in [-0.1, -0.05) is 44.2 Å². The van der Waals surface area contributed by atoms with Crippen molar-refractivity contribution in [3.63, 3.8) is 0 Å². The van der Waals surface area contributed by atoms with Crippen molar-refractivity contribution in [1.29, 1.82) is 0 Å². The van der Waals surface area contributed by atoms with Crippen molar-refractivity contribution in [2.24, 2.45) is 11.8 Å². The molecule has 0 saturated carbocycles. The number of methoxy groups -OCH3 is 1. The standard InChI is InChI=1S/C22H28NO5P/c1-15(2)13-19(21(25)26)22(28-3,29-27)14-16-9-11-18(12-10-16)23-20(24)17-7-5-4-6-8-17/h4-12,15,19H,13-14,29H2,1-3H3,(H,23,24)(H,25,26).